The van der Waals surface area contributed by atoms with E-state index >= 15 is 9.59 Å². The molecule has 0 radical (unpaired) electrons. The molecule has 13 rings (SSSR count). The fourth-order valence-corrected chi connectivity index (χ4v) is 17.7. The van der Waals surface area contributed by atoms with E-state index in [1.54, 1.807) is 35.8 Å². The first-order chi connectivity index (χ1) is 67.0. The van der Waals surface area contributed by atoms with E-state index in [-0.39, 0.29) is 179 Å². The van der Waals surface area contributed by atoms with Gasteiger partial charge >= 0.3 is 42.2 Å². The Labute approximate surface area is 803 Å². The van der Waals surface area contributed by atoms with Crippen LogP contribution < -0.4 is 55.3 Å². The first kappa shape index (κ1) is 103. The molecule has 40 heteroatoms. The molecule has 746 valence electrons. The molecule has 3 fully saturated rings. The third kappa shape index (κ3) is 25.9. The molecule has 1 spiro atoms. The lowest BCUT2D eigenvalue weighted by Gasteiger charge is -2.43. The molecule has 5 aliphatic heterocycles. The SMILES string of the molecule is C=CCOC(=O)N1C[C@@H]2Cc3ccccc3CN2C(=O)c2cc(OC)c(OCCCCCOc3cc4c(cc3OC)C(=O)N3CC5(CC5)C[C@H]3[C@H](O)N4C(=O)OCc3ccc(NC(=O)[C@H](CO[C@@H]4O[C@H](C(=O)OC)[C@@H](OC(C)=O)[C@H](OC(C)=O)[C@H]4OC(C)=O)NC(=O)[C@@H](NC(C)=O)C(C)C)cc3NC(=O)CCOCCOCCOCCOCCNC(=O)OCC3c4ccccc4-c4ccccc43)cc21. The first-order valence-electron chi connectivity index (χ1n) is 46.1. The number of fused-ring (bicyclic) bond motifs is 8. The maximum Gasteiger partial charge on any atom is 0.416 e. The average Bonchev–Trinajstić information content (AvgIpc) is 1.56. The fraction of sp³-hybridized carbons (Fsp3) is 0.485. The van der Waals surface area contributed by atoms with Crippen LogP contribution in [-0.4, -0.2) is 280 Å². The van der Waals surface area contributed by atoms with Crippen molar-refractivity contribution < 1.29 is 148 Å². The lowest BCUT2D eigenvalue weighted by Crippen LogP contribution is -2.64. The Morgan fingerprint density at radius 1 is 0.597 bits per heavy atom. The molecule has 6 aromatic carbocycles. The Balaban J connectivity index is 0.676. The Bertz CT molecular complexity index is 5430. The number of carbonyl (C=O) groups is 13. The highest BCUT2D eigenvalue weighted by Gasteiger charge is 2.59. The van der Waals surface area contributed by atoms with E-state index in [0.29, 0.717) is 50.9 Å². The fourth-order valence-electron chi connectivity index (χ4n) is 17.7. The summed E-state index contributed by atoms with van der Waals surface area (Å²) in [7, 11) is 3.83. The number of hydrogen-bond acceptors (Lipinski definition) is 31. The van der Waals surface area contributed by atoms with Gasteiger partial charge in [0, 0.05) is 82.3 Å². The molecule has 6 N–H and O–H groups in total. The number of unbranched alkanes of at least 4 members (excludes halogenated alkanes) is 2. The second-order valence-electron chi connectivity index (χ2n) is 34.7. The zero-order chi connectivity index (χ0) is 99.1. The molecule has 2 saturated heterocycles. The van der Waals surface area contributed by atoms with E-state index < -0.39 is 146 Å². The predicted molar refractivity (Wildman–Crippen MR) is 496 cm³/mol. The Hall–Kier alpha value is -13.5. The number of carbonyl (C=O) groups excluding carboxylic acids is 13. The second-order valence-corrected chi connectivity index (χ2v) is 34.7. The number of rotatable bonds is 45. The normalized spacial score (nSPS) is 19.4. The first-order valence-corrected chi connectivity index (χ1v) is 46.1. The number of nitrogens with one attached hydrogen (secondary N) is 5. The van der Waals surface area contributed by atoms with Gasteiger partial charge < -0.3 is 122 Å². The number of aliphatic hydroxyl groups excluding tert-OH is 1. The Morgan fingerprint density at radius 3 is 1.80 bits per heavy atom. The number of hydrogen-bond donors (Lipinski definition) is 6. The molecule has 9 amide bonds. The number of anilines is 4. The molecular formula is C99H119N9O31. The summed E-state index contributed by atoms with van der Waals surface area (Å²) >= 11 is 0. The molecule has 0 unspecified atom stereocenters. The van der Waals surface area contributed by atoms with E-state index in [1.807, 2.05) is 60.7 Å². The smallest absolute Gasteiger partial charge is 0.416 e. The Kier molecular flexibility index (Phi) is 35.7. The monoisotopic (exact) mass is 1930 g/mol. The minimum absolute atomic E-state index is 0.0195. The van der Waals surface area contributed by atoms with Gasteiger partial charge in [0.05, 0.1) is 142 Å². The van der Waals surface area contributed by atoms with Gasteiger partial charge in [0.15, 0.2) is 59.9 Å². The number of ether oxygens (including phenoxy) is 17. The van der Waals surface area contributed by atoms with E-state index in [0.717, 1.165) is 79.0 Å². The van der Waals surface area contributed by atoms with Crippen LogP contribution >= 0.6 is 0 Å². The number of aliphatic hydroxyl groups is 1. The molecule has 5 heterocycles. The van der Waals surface area contributed by atoms with Gasteiger partial charge in [-0.25, -0.2) is 24.1 Å². The summed E-state index contributed by atoms with van der Waals surface area (Å²) in [5.74, 6) is -8.03. The van der Waals surface area contributed by atoms with Gasteiger partial charge in [0.2, 0.25) is 23.6 Å². The van der Waals surface area contributed by atoms with Crippen LogP contribution in [0.25, 0.3) is 11.1 Å². The number of benzene rings is 6. The van der Waals surface area contributed by atoms with Crippen LogP contribution in [0, 0.1) is 11.3 Å². The van der Waals surface area contributed by atoms with Crippen LogP contribution in [0.2, 0.25) is 0 Å². The number of nitrogens with zero attached hydrogens (tertiary/aromatic N) is 4. The lowest BCUT2D eigenvalue weighted by molar-refractivity contribution is -0.302. The molecule has 40 nitrogen and oxygen atoms in total. The maximum atomic E-state index is 15.3. The summed E-state index contributed by atoms with van der Waals surface area (Å²) in [5.41, 5.74) is 6.64. The van der Waals surface area contributed by atoms with Crippen molar-refractivity contribution in [2.75, 3.05) is 147 Å². The molecular weight excluding hydrogens is 1810 g/mol. The van der Waals surface area contributed by atoms with E-state index in [1.165, 1.54) is 62.5 Å². The molecule has 2 aliphatic carbocycles. The van der Waals surface area contributed by atoms with E-state index in [9.17, 15) is 57.8 Å². The van der Waals surface area contributed by atoms with Crippen molar-refractivity contribution >= 4 is 100 Å². The summed E-state index contributed by atoms with van der Waals surface area (Å²) in [6.45, 7) is 12.0. The van der Waals surface area contributed by atoms with Crippen LogP contribution in [0.5, 0.6) is 23.0 Å². The van der Waals surface area contributed by atoms with Gasteiger partial charge in [-0.3, -0.25) is 48.1 Å². The summed E-state index contributed by atoms with van der Waals surface area (Å²) in [5, 5.41) is 26.0. The van der Waals surface area contributed by atoms with Crippen molar-refractivity contribution in [3.63, 3.8) is 0 Å². The zero-order valence-electron chi connectivity index (χ0n) is 79.1. The number of esters is 4. The van der Waals surface area contributed by atoms with Crippen LogP contribution in [0.1, 0.15) is 141 Å². The topological polar surface area (TPSA) is 472 Å². The third-order valence-corrected chi connectivity index (χ3v) is 24.7. The van der Waals surface area contributed by atoms with Gasteiger partial charge in [-0.1, -0.05) is 105 Å². The van der Waals surface area contributed by atoms with Crippen molar-refractivity contribution in [2.45, 2.75) is 173 Å². The van der Waals surface area contributed by atoms with E-state index in [4.69, 9.17) is 80.5 Å². The molecule has 139 heavy (non-hydrogen) atoms. The number of alkyl carbamates (subject to hydrolysis) is 1. The van der Waals surface area contributed by atoms with Crippen LogP contribution in [0.15, 0.2) is 128 Å². The van der Waals surface area contributed by atoms with Crippen molar-refractivity contribution in [3.8, 4) is 34.1 Å². The summed E-state index contributed by atoms with van der Waals surface area (Å²) in [6.07, 6.45) is -8.36. The largest absolute Gasteiger partial charge is 0.493 e. The molecule has 1 saturated carbocycles. The molecule has 6 aromatic rings. The van der Waals surface area contributed by atoms with Crippen LogP contribution in [0.3, 0.4) is 0 Å². The molecule has 0 bridgehead atoms. The second kappa shape index (κ2) is 48.2. The van der Waals surface area contributed by atoms with Crippen LogP contribution in [0.4, 0.5) is 37.1 Å². The van der Waals surface area contributed by atoms with Crippen molar-refractivity contribution in [2.24, 2.45) is 11.3 Å². The maximum absolute atomic E-state index is 15.3. The summed E-state index contributed by atoms with van der Waals surface area (Å²) in [6, 6.07) is 29.7. The highest BCUT2D eigenvalue weighted by Crippen LogP contribution is 2.57. The van der Waals surface area contributed by atoms with E-state index in [2.05, 4.69) is 45.3 Å². The van der Waals surface area contributed by atoms with Gasteiger partial charge in [-0.05, 0) is 114 Å². The highest BCUT2D eigenvalue weighted by molar-refractivity contribution is 6.08. The molecule has 0 aromatic heterocycles. The van der Waals surface area contributed by atoms with Gasteiger partial charge in [-0.2, -0.15) is 0 Å². The summed E-state index contributed by atoms with van der Waals surface area (Å²) in [4.78, 5) is 185. The highest BCUT2D eigenvalue weighted by atomic mass is 16.7. The van der Waals surface area contributed by atoms with Crippen molar-refractivity contribution in [1.82, 2.24) is 25.8 Å². The zero-order valence-corrected chi connectivity index (χ0v) is 79.1. The number of amides is 9. The predicted octanol–water partition coefficient (Wildman–Crippen LogP) is 8.74. The van der Waals surface area contributed by atoms with Crippen LogP contribution in [-0.2, 0) is 120 Å². The summed E-state index contributed by atoms with van der Waals surface area (Å²) < 4.78 is 97.9. The standard InChI is InChI=1S/C99H119N9O31/c1-11-33-132-97(121)106-52-66-44-62-21-13-14-22-63(62)51-105(66)91(116)71-46-79(123-8)81(48-76(71)106)130-34-19-12-20-35-131-82-49-77-72(47-80(82)124-9)92(117)107-56-99(30-31-99)50-78(107)93(118)108(77)98(122)135-53-64-27-28-65(102-89(114)75(104-90(115)84(57(2)3)101-58(4)109)55-133-95-88(138-61(7)112)86(137-60(6)111)85(136-59(5)110)87(139-95)94(119)125-10)45-74(64)103-83(113)29-36-126-38-40-128-42-43-129-41-39-127-37-32-100-96(120)134-54-73-69-25-17-15-23-67(69)68-24-16-18-26-70(68)73/h11,13-18,21-28,45-49,57,66,73,75,78,84-88,93,95,118H,1,12,19-20,29-44,50-56H2,2-10H3,(H,100,120)(H,101,109)(H,102,114)(H,103,113)(H,104,115)/t66-,75-,78-,84-,85-,86-,87-,88+,93-,95+/m0/s1. The quantitative estimate of drug-likeness (QED) is 0.00900. The minimum Gasteiger partial charge on any atom is -0.493 e. The van der Waals surface area contributed by atoms with Crippen molar-refractivity contribution in [3.05, 3.63) is 167 Å². The van der Waals surface area contributed by atoms with Crippen molar-refractivity contribution in [1.29, 1.82) is 0 Å². The van der Waals surface area contributed by atoms with Gasteiger partial charge in [-0.15, -0.1) is 0 Å². The van der Waals surface area contributed by atoms with Gasteiger partial charge in [0.1, 0.15) is 31.9 Å². The molecule has 7 aliphatic rings. The average molecular weight is 1930 g/mol. The number of methoxy groups -OCH3 is 3. The Morgan fingerprint density at radius 2 is 1.19 bits per heavy atom. The van der Waals surface area contributed by atoms with Gasteiger partial charge in [0.25, 0.3) is 11.8 Å². The molecule has 10 atom stereocenters. The third-order valence-electron chi connectivity index (χ3n) is 24.7. The lowest BCUT2D eigenvalue weighted by atomic mass is 9.93. The minimum atomic E-state index is -1.96.